The molecule has 13 heavy (non-hydrogen) atoms. The normalized spacial score (nSPS) is 10.3. The monoisotopic (exact) mass is 255 g/mol. The molecular formula is C10H7BrClN. The van der Waals surface area contributed by atoms with Crippen molar-refractivity contribution in [3.8, 4) is 5.69 Å². The van der Waals surface area contributed by atoms with E-state index in [0.717, 1.165) is 15.2 Å². The van der Waals surface area contributed by atoms with Crippen molar-refractivity contribution in [2.75, 3.05) is 0 Å². The van der Waals surface area contributed by atoms with E-state index in [0.29, 0.717) is 0 Å². The van der Waals surface area contributed by atoms with E-state index in [9.17, 15) is 0 Å². The first-order valence-electron chi connectivity index (χ1n) is 3.85. The van der Waals surface area contributed by atoms with Gasteiger partial charge in [0, 0.05) is 27.6 Å². The van der Waals surface area contributed by atoms with Crippen LogP contribution in [0, 0.1) is 0 Å². The molecule has 2 aromatic rings. The summed E-state index contributed by atoms with van der Waals surface area (Å²) >= 11 is 9.27. The van der Waals surface area contributed by atoms with Crippen molar-refractivity contribution in [2.45, 2.75) is 0 Å². The molecule has 0 amide bonds. The minimum absolute atomic E-state index is 0.752. The Morgan fingerprint density at radius 1 is 1.23 bits per heavy atom. The number of benzene rings is 1. The van der Waals surface area contributed by atoms with Crippen LogP contribution < -0.4 is 0 Å². The Bertz CT molecular complexity index is 422. The Morgan fingerprint density at radius 3 is 2.69 bits per heavy atom. The first-order chi connectivity index (χ1) is 6.25. The van der Waals surface area contributed by atoms with Gasteiger partial charge in [-0.25, -0.2) is 0 Å². The topological polar surface area (TPSA) is 4.93 Å². The maximum atomic E-state index is 5.88. The maximum absolute atomic E-state index is 5.88. The van der Waals surface area contributed by atoms with E-state index in [1.54, 1.807) is 0 Å². The van der Waals surface area contributed by atoms with Crippen LogP contribution in [0.2, 0.25) is 5.02 Å². The lowest BCUT2D eigenvalue weighted by Crippen LogP contribution is -1.87. The van der Waals surface area contributed by atoms with Gasteiger partial charge in [0.15, 0.2) is 0 Å². The van der Waals surface area contributed by atoms with Crippen LogP contribution in [0.25, 0.3) is 5.69 Å². The minimum Gasteiger partial charge on any atom is -0.323 e. The summed E-state index contributed by atoms with van der Waals surface area (Å²) in [5.41, 5.74) is 1.07. The smallest absolute Gasteiger partial charge is 0.0464 e. The molecule has 0 N–H and O–H groups in total. The van der Waals surface area contributed by atoms with Gasteiger partial charge in [0.2, 0.25) is 0 Å². The average molecular weight is 257 g/mol. The predicted molar refractivity (Wildman–Crippen MR) is 58.5 cm³/mol. The zero-order valence-electron chi connectivity index (χ0n) is 6.74. The molecule has 0 bridgehead atoms. The van der Waals surface area contributed by atoms with Crippen molar-refractivity contribution in [3.05, 3.63) is 52.2 Å². The molecule has 0 spiro atoms. The quantitative estimate of drug-likeness (QED) is 0.729. The van der Waals surface area contributed by atoms with Crippen molar-refractivity contribution in [2.24, 2.45) is 0 Å². The fourth-order valence-corrected chi connectivity index (χ4v) is 1.69. The molecule has 0 aliphatic rings. The van der Waals surface area contributed by atoms with Gasteiger partial charge in [-0.1, -0.05) is 17.7 Å². The highest BCUT2D eigenvalue weighted by Crippen LogP contribution is 2.17. The van der Waals surface area contributed by atoms with Crippen molar-refractivity contribution < 1.29 is 0 Å². The van der Waals surface area contributed by atoms with Crippen LogP contribution in [-0.4, -0.2) is 4.57 Å². The molecule has 0 fully saturated rings. The van der Waals surface area contributed by atoms with Crippen LogP contribution in [0.1, 0.15) is 0 Å². The minimum atomic E-state index is 0.752. The zero-order chi connectivity index (χ0) is 9.26. The molecule has 0 radical (unpaired) electrons. The SMILES string of the molecule is Clc1cccc(-n2ccc(Br)c2)c1. The van der Waals surface area contributed by atoms with Gasteiger partial charge in [-0.3, -0.25) is 0 Å². The zero-order valence-corrected chi connectivity index (χ0v) is 9.09. The predicted octanol–water partition coefficient (Wildman–Crippen LogP) is 3.89. The fraction of sp³-hybridized carbons (Fsp3) is 0. The van der Waals surface area contributed by atoms with E-state index in [1.165, 1.54) is 0 Å². The maximum Gasteiger partial charge on any atom is 0.0464 e. The number of hydrogen-bond acceptors (Lipinski definition) is 0. The number of nitrogens with zero attached hydrogens (tertiary/aromatic N) is 1. The molecular weight excluding hydrogens is 249 g/mol. The van der Waals surface area contributed by atoms with E-state index in [2.05, 4.69) is 15.9 Å². The Balaban J connectivity index is 2.46. The molecule has 0 unspecified atom stereocenters. The van der Waals surface area contributed by atoms with Crippen LogP contribution >= 0.6 is 27.5 Å². The van der Waals surface area contributed by atoms with E-state index < -0.39 is 0 Å². The summed E-state index contributed by atoms with van der Waals surface area (Å²) in [6.07, 6.45) is 3.97. The van der Waals surface area contributed by atoms with Crippen molar-refractivity contribution in [1.82, 2.24) is 4.57 Å². The molecule has 1 aromatic heterocycles. The Morgan fingerprint density at radius 2 is 2.08 bits per heavy atom. The summed E-state index contributed by atoms with van der Waals surface area (Å²) in [7, 11) is 0. The molecule has 66 valence electrons. The third-order valence-electron chi connectivity index (χ3n) is 1.76. The highest BCUT2D eigenvalue weighted by molar-refractivity contribution is 9.10. The second-order valence-electron chi connectivity index (χ2n) is 2.72. The van der Waals surface area contributed by atoms with Crippen LogP contribution in [0.4, 0.5) is 0 Å². The summed E-state index contributed by atoms with van der Waals surface area (Å²) in [6.45, 7) is 0. The van der Waals surface area contributed by atoms with Crippen molar-refractivity contribution >= 4 is 27.5 Å². The van der Waals surface area contributed by atoms with E-state index in [-0.39, 0.29) is 0 Å². The fourth-order valence-electron chi connectivity index (χ4n) is 1.17. The van der Waals surface area contributed by atoms with Gasteiger partial charge in [-0.05, 0) is 40.2 Å². The van der Waals surface area contributed by atoms with E-state index in [1.807, 2.05) is 47.3 Å². The standard InChI is InChI=1S/C10H7BrClN/c11-8-4-5-13(7-8)10-3-1-2-9(12)6-10/h1-7H. The summed E-state index contributed by atoms with van der Waals surface area (Å²) in [5, 5.41) is 0.752. The van der Waals surface area contributed by atoms with Gasteiger partial charge in [0.25, 0.3) is 0 Å². The van der Waals surface area contributed by atoms with Gasteiger partial charge >= 0.3 is 0 Å². The third kappa shape index (κ3) is 1.95. The van der Waals surface area contributed by atoms with Gasteiger partial charge < -0.3 is 4.57 Å². The Kier molecular flexibility index (Phi) is 2.42. The van der Waals surface area contributed by atoms with Gasteiger partial charge in [-0.15, -0.1) is 0 Å². The number of halogens is 2. The molecule has 2 rings (SSSR count). The second kappa shape index (κ2) is 3.56. The van der Waals surface area contributed by atoms with Crippen LogP contribution in [0.5, 0.6) is 0 Å². The Hall–Kier alpha value is -0.730. The van der Waals surface area contributed by atoms with Gasteiger partial charge in [0.1, 0.15) is 0 Å². The first-order valence-corrected chi connectivity index (χ1v) is 5.02. The lowest BCUT2D eigenvalue weighted by atomic mass is 10.3. The van der Waals surface area contributed by atoms with Gasteiger partial charge in [-0.2, -0.15) is 0 Å². The molecule has 0 aliphatic carbocycles. The van der Waals surface area contributed by atoms with E-state index >= 15 is 0 Å². The summed E-state index contributed by atoms with van der Waals surface area (Å²) in [4.78, 5) is 0. The lowest BCUT2D eigenvalue weighted by Gasteiger charge is -2.01. The van der Waals surface area contributed by atoms with Crippen LogP contribution in [0.15, 0.2) is 47.2 Å². The molecule has 0 saturated carbocycles. The molecule has 0 atom stereocenters. The molecule has 0 saturated heterocycles. The summed E-state index contributed by atoms with van der Waals surface area (Å²) < 4.78 is 3.07. The van der Waals surface area contributed by atoms with Crippen molar-refractivity contribution in [3.63, 3.8) is 0 Å². The summed E-state index contributed by atoms with van der Waals surface area (Å²) in [5.74, 6) is 0. The number of hydrogen-bond donors (Lipinski definition) is 0. The molecule has 1 aromatic carbocycles. The van der Waals surface area contributed by atoms with Crippen LogP contribution in [-0.2, 0) is 0 Å². The highest BCUT2D eigenvalue weighted by Gasteiger charge is 1.96. The molecule has 1 nitrogen and oxygen atoms in total. The Labute approximate surface area is 90.1 Å². The molecule has 1 heterocycles. The summed E-state index contributed by atoms with van der Waals surface area (Å²) in [6, 6.07) is 9.72. The number of aromatic nitrogens is 1. The lowest BCUT2D eigenvalue weighted by molar-refractivity contribution is 1.08. The third-order valence-corrected chi connectivity index (χ3v) is 2.47. The highest BCUT2D eigenvalue weighted by atomic mass is 79.9. The van der Waals surface area contributed by atoms with Crippen molar-refractivity contribution in [1.29, 1.82) is 0 Å². The van der Waals surface area contributed by atoms with Crippen LogP contribution in [0.3, 0.4) is 0 Å². The number of rotatable bonds is 1. The second-order valence-corrected chi connectivity index (χ2v) is 4.07. The van der Waals surface area contributed by atoms with Gasteiger partial charge in [0.05, 0.1) is 0 Å². The first kappa shape index (κ1) is 8.85. The largest absolute Gasteiger partial charge is 0.323 e. The van der Waals surface area contributed by atoms with E-state index in [4.69, 9.17) is 11.6 Å². The molecule has 3 heteroatoms. The molecule has 0 aliphatic heterocycles. The average Bonchev–Trinajstić information content (AvgIpc) is 2.52.